The third kappa shape index (κ3) is 2.74. The van der Waals surface area contributed by atoms with Gasteiger partial charge in [-0.2, -0.15) is 0 Å². The van der Waals surface area contributed by atoms with Crippen molar-refractivity contribution in [3.63, 3.8) is 0 Å². The number of aromatic hydroxyl groups is 1. The van der Waals surface area contributed by atoms with Gasteiger partial charge < -0.3 is 31.3 Å². The summed E-state index contributed by atoms with van der Waals surface area (Å²) in [6.45, 7) is 1.72. The molecule has 0 aromatic heterocycles. The Morgan fingerprint density at radius 3 is 2.50 bits per heavy atom. The van der Waals surface area contributed by atoms with Crippen molar-refractivity contribution < 1.29 is 39.9 Å². The normalized spacial score (nSPS) is 37.1. The summed E-state index contributed by atoms with van der Waals surface area (Å²) in [4.78, 5) is 38.5. The number of aliphatic hydroxyl groups is 4. The third-order valence-electron chi connectivity index (χ3n) is 8.20. The molecule has 5 rings (SSSR count). The van der Waals surface area contributed by atoms with E-state index in [9.17, 15) is 39.9 Å². The Morgan fingerprint density at radius 2 is 1.88 bits per heavy atom. The van der Waals surface area contributed by atoms with Gasteiger partial charge in [0.2, 0.25) is 11.7 Å². The number of aliphatic hydroxyl groups excluding tert-OH is 3. The van der Waals surface area contributed by atoms with E-state index in [1.807, 2.05) is 6.08 Å². The van der Waals surface area contributed by atoms with E-state index in [0.717, 1.165) is 24.8 Å². The number of carbonyl (C=O) groups excluding carboxylic acids is 3. The highest BCUT2D eigenvalue weighted by Crippen LogP contribution is 2.56. The van der Waals surface area contributed by atoms with E-state index in [1.54, 1.807) is 19.1 Å². The van der Waals surface area contributed by atoms with E-state index in [1.165, 1.54) is 0 Å². The Balaban J connectivity index is 1.70. The highest BCUT2D eigenvalue weighted by Gasteiger charge is 2.67. The minimum atomic E-state index is -2.84. The molecule has 9 nitrogen and oxygen atoms in total. The molecule has 1 aromatic rings. The standard InChI is InChI=1S/C25H27NO8/c1-9-11-6-7-12(10-4-2-3-5-10)19(28)16(11)21(30)18-15(9)20(29)13-8-14(27)17(24(26)33)22(31)25(13,34)23(18)32/h4,6-7,9,13-15,17,20,27-30,34H,2-3,5,8H2,1H3,(H2,26,33)/t9-,13+,14?,15+,17?,20+,25+/m0/s1. The number of fused-ring (bicyclic) bond motifs is 3. The molecule has 0 saturated heterocycles. The van der Waals surface area contributed by atoms with Crippen molar-refractivity contribution in [2.45, 2.75) is 56.3 Å². The molecule has 1 amide bonds. The lowest BCUT2D eigenvalue weighted by Gasteiger charge is -2.52. The van der Waals surface area contributed by atoms with E-state index >= 15 is 0 Å². The van der Waals surface area contributed by atoms with Crippen LogP contribution in [0.4, 0.5) is 0 Å². The second-order valence-corrected chi connectivity index (χ2v) is 9.86. The lowest BCUT2D eigenvalue weighted by molar-refractivity contribution is -0.186. The van der Waals surface area contributed by atoms with E-state index < -0.39 is 71.1 Å². The fraction of sp³-hybridized carbons (Fsp3) is 0.480. The van der Waals surface area contributed by atoms with Gasteiger partial charge in [0.1, 0.15) is 17.4 Å². The lowest BCUT2D eigenvalue weighted by Crippen LogP contribution is -2.70. The Bertz CT molecular complexity index is 1200. The fourth-order valence-electron chi connectivity index (χ4n) is 6.47. The first-order valence-electron chi connectivity index (χ1n) is 11.5. The van der Waals surface area contributed by atoms with E-state index in [4.69, 9.17) is 5.73 Å². The summed E-state index contributed by atoms with van der Waals surface area (Å²) in [5, 5.41) is 55.3. The summed E-state index contributed by atoms with van der Waals surface area (Å²) in [6.07, 6.45) is 1.11. The van der Waals surface area contributed by atoms with Gasteiger partial charge >= 0.3 is 0 Å². The molecule has 9 heteroatoms. The van der Waals surface area contributed by atoms with Gasteiger partial charge in [-0.05, 0) is 42.7 Å². The number of rotatable bonds is 2. The molecule has 4 aliphatic carbocycles. The molecule has 4 aliphatic rings. The number of amides is 1. The van der Waals surface area contributed by atoms with E-state index in [0.29, 0.717) is 11.1 Å². The summed E-state index contributed by atoms with van der Waals surface area (Å²) in [6, 6.07) is 3.49. The average Bonchev–Trinajstić information content (AvgIpc) is 3.31. The van der Waals surface area contributed by atoms with Crippen molar-refractivity contribution in [3.05, 3.63) is 40.5 Å². The van der Waals surface area contributed by atoms with Gasteiger partial charge in [0.25, 0.3) is 0 Å². The molecule has 2 unspecified atom stereocenters. The molecule has 0 radical (unpaired) electrons. The minimum absolute atomic E-state index is 0.0291. The van der Waals surface area contributed by atoms with Gasteiger partial charge in [-0.15, -0.1) is 0 Å². The highest BCUT2D eigenvalue weighted by molar-refractivity contribution is 6.25. The number of Topliss-reactive ketones (excluding diaryl/α,β-unsaturated/α-hetero) is 2. The summed E-state index contributed by atoms with van der Waals surface area (Å²) in [7, 11) is 0. The maximum Gasteiger partial charge on any atom is 0.230 e. The van der Waals surface area contributed by atoms with Gasteiger partial charge in [0.05, 0.1) is 17.8 Å². The van der Waals surface area contributed by atoms with Crippen molar-refractivity contribution in [3.8, 4) is 5.75 Å². The number of ketones is 2. The number of hydrogen-bond acceptors (Lipinski definition) is 8. The smallest absolute Gasteiger partial charge is 0.230 e. The maximum atomic E-state index is 13.6. The molecule has 2 fully saturated rings. The van der Waals surface area contributed by atoms with Crippen LogP contribution in [0.15, 0.2) is 23.8 Å². The molecule has 0 aliphatic heterocycles. The fourth-order valence-corrected chi connectivity index (χ4v) is 6.47. The summed E-state index contributed by atoms with van der Waals surface area (Å²) in [5.41, 5.74) is 4.03. The number of primary amides is 1. The molecule has 180 valence electrons. The van der Waals surface area contributed by atoms with Gasteiger partial charge in [0, 0.05) is 23.0 Å². The van der Waals surface area contributed by atoms with Gasteiger partial charge in [-0.3, -0.25) is 14.4 Å². The van der Waals surface area contributed by atoms with Crippen LogP contribution in [0, 0.1) is 17.8 Å². The number of nitrogens with two attached hydrogens (primary N) is 1. The third-order valence-corrected chi connectivity index (χ3v) is 8.20. The molecule has 0 bridgehead atoms. The van der Waals surface area contributed by atoms with Crippen LogP contribution in [0.2, 0.25) is 0 Å². The predicted octanol–water partition coefficient (Wildman–Crippen LogP) is 0.688. The Morgan fingerprint density at radius 1 is 1.18 bits per heavy atom. The molecule has 7 atom stereocenters. The van der Waals surface area contributed by atoms with Crippen LogP contribution in [0.5, 0.6) is 5.75 Å². The van der Waals surface area contributed by atoms with Crippen molar-refractivity contribution in [1.82, 2.24) is 0 Å². The van der Waals surface area contributed by atoms with Crippen LogP contribution in [0.3, 0.4) is 0 Å². The zero-order valence-corrected chi connectivity index (χ0v) is 18.6. The Kier molecular flexibility index (Phi) is 5.02. The summed E-state index contributed by atoms with van der Waals surface area (Å²) >= 11 is 0. The van der Waals surface area contributed by atoms with Crippen molar-refractivity contribution in [2.75, 3.05) is 0 Å². The lowest BCUT2D eigenvalue weighted by atomic mass is 9.53. The summed E-state index contributed by atoms with van der Waals surface area (Å²) < 4.78 is 0. The Labute approximate surface area is 195 Å². The molecule has 34 heavy (non-hydrogen) atoms. The monoisotopic (exact) mass is 469 g/mol. The zero-order chi connectivity index (χ0) is 24.7. The van der Waals surface area contributed by atoms with Crippen LogP contribution in [0.25, 0.3) is 11.3 Å². The molecule has 7 N–H and O–H groups in total. The first kappa shape index (κ1) is 22.8. The second kappa shape index (κ2) is 7.49. The molecule has 2 saturated carbocycles. The topological polar surface area (TPSA) is 178 Å². The summed E-state index contributed by atoms with van der Waals surface area (Å²) in [5.74, 6) is -9.22. The predicted molar refractivity (Wildman–Crippen MR) is 119 cm³/mol. The van der Waals surface area contributed by atoms with Crippen molar-refractivity contribution in [1.29, 1.82) is 0 Å². The first-order valence-corrected chi connectivity index (χ1v) is 11.5. The van der Waals surface area contributed by atoms with Gasteiger partial charge in [-0.1, -0.05) is 25.1 Å². The average molecular weight is 469 g/mol. The SMILES string of the molecule is C[C@H]1c2ccc(C3=CCCC3)c(O)c2C(O)=C2C(=O)[C@]3(O)C(=O)C(C(N)=O)C(O)C[C@@H]3[C@@H](O)[C@@H]21. The van der Waals surface area contributed by atoms with Crippen LogP contribution < -0.4 is 5.73 Å². The Hall–Kier alpha value is -3.01. The zero-order valence-electron chi connectivity index (χ0n) is 18.6. The van der Waals surface area contributed by atoms with Gasteiger partial charge in [-0.25, -0.2) is 0 Å². The van der Waals surface area contributed by atoms with E-state index in [-0.39, 0.29) is 16.9 Å². The second-order valence-electron chi connectivity index (χ2n) is 9.86. The van der Waals surface area contributed by atoms with Gasteiger partial charge in [0.15, 0.2) is 11.4 Å². The maximum absolute atomic E-state index is 13.6. The molecular formula is C25H27NO8. The number of allylic oxidation sites excluding steroid dienone is 2. The van der Waals surface area contributed by atoms with E-state index in [2.05, 4.69) is 0 Å². The van der Waals surface area contributed by atoms with Crippen molar-refractivity contribution in [2.24, 2.45) is 23.5 Å². The molecule has 1 aromatic carbocycles. The number of benzene rings is 1. The largest absolute Gasteiger partial charge is 0.507 e. The molecular weight excluding hydrogens is 442 g/mol. The van der Waals surface area contributed by atoms with Crippen LogP contribution >= 0.6 is 0 Å². The number of carbonyl (C=O) groups is 3. The van der Waals surface area contributed by atoms with Crippen LogP contribution in [0.1, 0.15) is 55.2 Å². The number of phenols is 1. The van der Waals surface area contributed by atoms with Crippen molar-refractivity contribution >= 4 is 28.8 Å². The highest BCUT2D eigenvalue weighted by atomic mass is 16.3. The molecule has 0 heterocycles. The minimum Gasteiger partial charge on any atom is -0.507 e. The number of hydrogen-bond donors (Lipinski definition) is 6. The quantitative estimate of drug-likeness (QED) is 0.342. The van der Waals surface area contributed by atoms with Crippen LogP contribution in [-0.4, -0.2) is 60.8 Å². The first-order chi connectivity index (χ1) is 16.0. The number of phenolic OH excluding ortho intramolecular Hbond substituents is 1. The van der Waals surface area contributed by atoms with Crippen LogP contribution in [-0.2, 0) is 14.4 Å². The molecule has 0 spiro atoms.